The minimum absolute atomic E-state index is 0.506. The van der Waals surface area contributed by atoms with E-state index < -0.39 is 0 Å². The summed E-state index contributed by atoms with van der Waals surface area (Å²) in [7, 11) is 0. The van der Waals surface area contributed by atoms with Crippen molar-refractivity contribution in [1.82, 2.24) is 14.7 Å². The maximum Gasteiger partial charge on any atom is 0.122 e. The van der Waals surface area contributed by atoms with Gasteiger partial charge in [-0.1, -0.05) is 25.1 Å². The van der Waals surface area contributed by atoms with Gasteiger partial charge in [0.05, 0.1) is 11.7 Å². The lowest BCUT2D eigenvalue weighted by atomic mass is 10.1. The third-order valence-corrected chi connectivity index (χ3v) is 4.66. The number of para-hydroxylation sites is 1. The van der Waals surface area contributed by atoms with Crippen LogP contribution in [0.4, 0.5) is 0 Å². The van der Waals surface area contributed by atoms with Crippen LogP contribution in [0.15, 0.2) is 30.3 Å². The molecule has 0 N–H and O–H groups in total. The molecule has 2 aromatic rings. The van der Waals surface area contributed by atoms with Gasteiger partial charge in [0.2, 0.25) is 0 Å². The summed E-state index contributed by atoms with van der Waals surface area (Å²) in [5.74, 6) is 1.03. The van der Waals surface area contributed by atoms with Gasteiger partial charge in [-0.25, -0.2) is 0 Å². The van der Waals surface area contributed by atoms with Crippen molar-refractivity contribution in [2.75, 3.05) is 26.2 Å². The molecule has 0 aliphatic carbocycles. The number of aryl methyl sites for hydroxylation is 3. The van der Waals surface area contributed by atoms with Gasteiger partial charge >= 0.3 is 0 Å². The SMILES string of the molecule is CCc1ccccc1OCCN1CCC(n2nc(C)cc2C)C1. The summed E-state index contributed by atoms with van der Waals surface area (Å²) >= 11 is 0. The van der Waals surface area contributed by atoms with Gasteiger partial charge in [-0.15, -0.1) is 0 Å². The molecule has 1 aliphatic rings. The van der Waals surface area contributed by atoms with Crippen LogP contribution in [0.1, 0.15) is 36.3 Å². The van der Waals surface area contributed by atoms with Crippen LogP contribution in [0.3, 0.4) is 0 Å². The van der Waals surface area contributed by atoms with Gasteiger partial charge in [0.25, 0.3) is 0 Å². The number of likely N-dealkylation sites (tertiary alicyclic amines) is 1. The number of hydrogen-bond donors (Lipinski definition) is 0. The van der Waals surface area contributed by atoms with Crippen molar-refractivity contribution < 1.29 is 4.74 Å². The lowest BCUT2D eigenvalue weighted by Crippen LogP contribution is -2.27. The van der Waals surface area contributed by atoms with E-state index in [2.05, 4.69) is 59.7 Å². The summed E-state index contributed by atoms with van der Waals surface area (Å²) < 4.78 is 8.19. The van der Waals surface area contributed by atoms with Gasteiger partial charge in [-0.05, 0) is 44.4 Å². The molecular weight excluding hydrogens is 286 g/mol. The first-order chi connectivity index (χ1) is 11.2. The normalized spacial score (nSPS) is 18.5. The molecule has 3 rings (SSSR count). The molecule has 0 bridgehead atoms. The Kier molecular flexibility index (Phi) is 5.01. The monoisotopic (exact) mass is 313 g/mol. The minimum atomic E-state index is 0.506. The first-order valence-corrected chi connectivity index (χ1v) is 8.63. The van der Waals surface area contributed by atoms with E-state index in [4.69, 9.17) is 4.74 Å². The van der Waals surface area contributed by atoms with Gasteiger partial charge in [0.15, 0.2) is 0 Å². The minimum Gasteiger partial charge on any atom is -0.492 e. The maximum atomic E-state index is 5.99. The molecule has 0 radical (unpaired) electrons. The number of ether oxygens (including phenoxy) is 1. The first-order valence-electron chi connectivity index (χ1n) is 8.63. The topological polar surface area (TPSA) is 30.3 Å². The number of rotatable bonds is 6. The van der Waals surface area contributed by atoms with E-state index in [0.29, 0.717) is 6.04 Å². The predicted molar refractivity (Wildman–Crippen MR) is 93.1 cm³/mol. The zero-order valence-corrected chi connectivity index (χ0v) is 14.5. The number of hydrogen-bond acceptors (Lipinski definition) is 3. The Labute approximate surface area is 139 Å². The Balaban J connectivity index is 1.50. The Morgan fingerprint density at radius 3 is 2.83 bits per heavy atom. The fraction of sp³-hybridized carbons (Fsp3) is 0.526. The summed E-state index contributed by atoms with van der Waals surface area (Å²) in [4.78, 5) is 2.48. The van der Waals surface area contributed by atoms with Crippen molar-refractivity contribution in [1.29, 1.82) is 0 Å². The molecule has 1 aromatic heterocycles. The maximum absolute atomic E-state index is 5.99. The second-order valence-electron chi connectivity index (χ2n) is 6.42. The van der Waals surface area contributed by atoms with Crippen molar-refractivity contribution in [3.63, 3.8) is 0 Å². The Morgan fingerprint density at radius 2 is 2.09 bits per heavy atom. The molecule has 4 nitrogen and oxygen atoms in total. The van der Waals surface area contributed by atoms with Crippen LogP contribution >= 0.6 is 0 Å². The zero-order chi connectivity index (χ0) is 16.2. The molecule has 1 saturated heterocycles. The highest BCUT2D eigenvalue weighted by Gasteiger charge is 2.25. The Bertz CT molecular complexity index is 650. The fourth-order valence-corrected chi connectivity index (χ4v) is 3.45. The van der Waals surface area contributed by atoms with E-state index in [1.165, 1.54) is 17.7 Å². The van der Waals surface area contributed by atoms with Crippen LogP contribution in [0.2, 0.25) is 0 Å². The third kappa shape index (κ3) is 3.75. The predicted octanol–water partition coefficient (Wildman–Crippen LogP) is 3.39. The summed E-state index contributed by atoms with van der Waals surface area (Å²) in [6.45, 7) is 10.3. The zero-order valence-electron chi connectivity index (χ0n) is 14.5. The van der Waals surface area contributed by atoms with Crippen molar-refractivity contribution in [3.05, 3.63) is 47.3 Å². The summed E-state index contributed by atoms with van der Waals surface area (Å²) in [5.41, 5.74) is 3.66. The largest absolute Gasteiger partial charge is 0.492 e. The second-order valence-corrected chi connectivity index (χ2v) is 6.42. The quantitative estimate of drug-likeness (QED) is 0.819. The fourth-order valence-electron chi connectivity index (χ4n) is 3.45. The molecule has 1 atom stereocenters. The summed E-state index contributed by atoms with van der Waals surface area (Å²) in [6, 6.07) is 11.0. The molecule has 1 fully saturated rings. The van der Waals surface area contributed by atoms with Crippen LogP contribution in [0.5, 0.6) is 5.75 Å². The molecule has 0 saturated carbocycles. The average molecular weight is 313 g/mol. The molecule has 124 valence electrons. The van der Waals surface area contributed by atoms with E-state index in [9.17, 15) is 0 Å². The van der Waals surface area contributed by atoms with Gasteiger partial charge in [-0.3, -0.25) is 9.58 Å². The third-order valence-electron chi connectivity index (χ3n) is 4.66. The van der Waals surface area contributed by atoms with Crippen LogP contribution in [-0.4, -0.2) is 40.9 Å². The van der Waals surface area contributed by atoms with Crippen molar-refractivity contribution in [2.45, 2.75) is 39.7 Å². The number of benzene rings is 1. The average Bonchev–Trinajstić information content (AvgIpc) is 3.14. The number of aromatic nitrogens is 2. The standard InChI is InChI=1S/C19H27N3O/c1-4-17-7-5-6-8-19(17)23-12-11-21-10-9-18(14-21)22-16(3)13-15(2)20-22/h5-8,13,18H,4,9-12,14H2,1-3H3. The van der Waals surface area contributed by atoms with Crippen LogP contribution < -0.4 is 4.74 Å². The molecule has 2 heterocycles. The van der Waals surface area contributed by atoms with E-state index in [1.807, 2.05) is 6.07 Å². The van der Waals surface area contributed by atoms with Crippen LogP contribution in [0.25, 0.3) is 0 Å². The smallest absolute Gasteiger partial charge is 0.122 e. The summed E-state index contributed by atoms with van der Waals surface area (Å²) in [5, 5.41) is 4.64. The molecule has 4 heteroatoms. The molecule has 0 amide bonds. The van der Waals surface area contributed by atoms with Gasteiger partial charge in [0, 0.05) is 25.3 Å². The van der Waals surface area contributed by atoms with Gasteiger partial charge in [-0.2, -0.15) is 5.10 Å². The van der Waals surface area contributed by atoms with Crippen molar-refractivity contribution >= 4 is 0 Å². The number of nitrogens with zero attached hydrogens (tertiary/aromatic N) is 3. The molecule has 1 unspecified atom stereocenters. The Morgan fingerprint density at radius 1 is 1.26 bits per heavy atom. The molecule has 1 aromatic carbocycles. The molecule has 1 aliphatic heterocycles. The van der Waals surface area contributed by atoms with E-state index in [1.54, 1.807) is 0 Å². The highest BCUT2D eigenvalue weighted by atomic mass is 16.5. The van der Waals surface area contributed by atoms with Crippen molar-refractivity contribution in [3.8, 4) is 5.75 Å². The van der Waals surface area contributed by atoms with Gasteiger partial charge in [0.1, 0.15) is 12.4 Å². The molecular formula is C19H27N3O. The lowest BCUT2D eigenvalue weighted by Gasteiger charge is -2.18. The lowest BCUT2D eigenvalue weighted by molar-refractivity contribution is 0.230. The van der Waals surface area contributed by atoms with Crippen LogP contribution in [-0.2, 0) is 6.42 Å². The van der Waals surface area contributed by atoms with E-state index in [0.717, 1.165) is 44.1 Å². The summed E-state index contributed by atoms with van der Waals surface area (Å²) in [6.07, 6.45) is 2.19. The van der Waals surface area contributed by atoms with E-state index >= 15 is 0 Å². The Hall–Kier alpha value is -1.81. The molecule has 23 heavy (non-hydrogen) atoms. The van der Waals surface area contributed by atoms with E-state index in [-0.39, 0.29) is 0 Å². The first kappa shape index (κ1) is 16.1. The second kappa shape index (κ2) is 7.18. The van der Waals surface area contributed by atoms with Crippen LogP contribution in [0, 0.1) is 13.8 Å². The van der Waals surface area contributed by atoms with Gasteiger partial charge < -0.3 is 4.74 Å². The molecule has 0 spiro atoms. The van der Waals surface area contributed by atoms with Crippen molar-refractivity contribution in [2.24, 2.45) is 0 Å². The highest BCUT2D eigenvalue weighted by Crippen LogP contribution is 2.23. The highest BCUT2D eigenvalue weighted by molar-refractivity contribution is 5.33.